The lowest BCUT2D eigenvalue weighted by molar-refractivity contribution is -0.659. The summed E-state index contributed by atoms with van der Waals surface area (Å²) in [7, 11) is 2.11. The summed E-state index contributed by atoms with van der Waals surface area (Å²) in [5.41, 5.74) is 8.60. The minimum Gasteiger partial charge on any atom is -0.291 e. The van der Waals surface area contributed by atoms with Gasteiger partial charge in [-0.15, -0.1) is 0 Å². The number of pyridine rings is 1. The quantitative estimate of drug-likeness (QED) is 0.432. The third-order valence-corrected chi connectivity index (χ3v) is 4.98. The maximum Gasteiger partial charge on any atom is 0.214 e. The predicted molar refractivity (Wildman–Crippen MR) is 95.2 cm³/mol. The largest absolute Gasteiger partial charge is 0.291 e. The van der Waals surface area contributed by atoms with Crippen LogP contribution < -0.4 is 4.57 Å². The van der Waals surface area contributed by atoms with Gasteiger partial charge in [-0.05, 0) is 30.2 Å². The molecule has 3 nitrogen and oxygen atoms in total. The van der Waals surface area contributed by atoms with Crippen LogP contribution in [0.4, 0.5) is 0 Å². The lowest BCUT2D eigenvalue weighted by Gasteiger charge is -2.06. The van der Waals surface area contributed by atoms with Crippen molar-refractivity contribution >= 4 is 11.0 Å². The van der Waals surface area contributed by atoms with Crippen molar-refractivity contribution in [2.24, 2.45) is 7.05 Å². The van der Waals surface area contributed by atoms with Crippen LogP contribution in [-0.4, -0.2) is 9.55 Å². The summed E-state index contributed by atoms with van der Waals surface area (Å²) < 4.78 is 4.51. The van der Waals surface area contributed by atoms with E-state index in [9.17, 15) is 0 Å². The molecular weight excluding hydrogens is 294 g/mol. The van der Waals surface area contributed by atoms with E-state index in [0.29, 0.717) is 0 Å². The smallest absolute Gasteiger partial charge is 0.214 e. The van der Waals surface area contributed by atoms with Gasteiger partial charge in [-0.1, -0.05) is 36.4 Å². The van der Waals surface area contributed by atoms with Gasteiger partial charge >= 0.3 is 0 Å². The fourth-order valence-corrected chi connectivity index (χ4v) is 3.78. The number of aromatic nitrogens is 3. The standard InChI is InChI=1S/C21H18N3/c1-14-7-3-5-9-16(14)19-12-17-20(13-23(19)2)24-18-10-6-4-8-15(18)11-21(24)22-17/h3-10,12-13H,11H2,1-2H3/q+1. The van der Waals surface area contributed by atoms with E-state index in [0.717, 1.165) is 17.8 Å². The number of para-hydroxylation sites is 1. The van der Waals surface area contributed by atoms with E-state index in [1.54, 1.807) is 0 Å². The van der Waals surface area contributed by atoms with Gasteiger partial charge in [0.2, 0.25) is 5.69 Å². The van der Waals surface area contributed by atoms with E-state index in [1.165, 1.54) is 33.6 Å². The molecule has 24 heavy (non-hydrogen) atoms. The Kier molecular flexibility index (Phi) is 2.69. The number of fused-ring (bicyclic) bond motifs is 5. The second kappa shape index (κ2) is 4.78. The average molecular weight is 312 g/mol. The Morgan fingerprint density at radius 1 is 1.04 bits per heavy atom. The van der Waals surface area contributed by atoms with E-state index in [1.807, 2.05) is 0 Å². The zero-order valence-corrected chi connectivity index (χ0v) is 13.8. The zero-order chi connectivity index (χ0) is 16.3. The Morgan fingerprint density at radius 3 is 2.71 bits per heavy atom. The summed E-state index contributed by atoms with van der Waals surface area (Å²) in [5.74, 6) is 1.13. The van der Waals surface area contributed by atoms with Gasteiger partial charge < -0.3 is 0 Å². The first kappa shape index (κ1) is 13.5. The van der Waals surface area contributed by atoms with Crippen LogP contribution >= 0.6 is 0 Å². The summed E-state index contributed by atoms with van der Waals surface area (Å²) in [6.45, 7) is 2.16. The van der Waals surface area contributed by atoms with Crippen molar-refractivity contribution in [1.29, 1.82) is 0 Å². The van der Waals surface area contributed by atoms with E-state index in [4.69, 9.17) is 4.98 Å². The molecule has 0 aliphatic carbocycles. The molecule has 3 heterocycles. The lowest BCUT2D eigenvalue weighted by atomic mass is 10.0. The van der Waals surface area contributed by atoms with E-state index < -0.39 is 0 Å². The molecule has 0 N–H and O–H groups in total. The third kappa shape index (κ3) is 1.78. The zero-order valence-electron chi connectivity index (χ0n) is 13.8. The minimum absolute atomic E-state index is 0.911. The van der Waals surface area contributed by atoms with E-state index in [-0.39, 0.29) is 0 Å². The van der Waals surface area contributed by atoms with Crippen LogP contribution in [0.2, 0.25) is 0 Å². The van der Waals surface area contributed by atoms with E-state index in [2.05, 4.69) is 83.9 Å². The fraction of sp³-hybridized carbons (Fsp3) is 0.143. The second-order valence-electron chi connectivity index (χ2n) is 6.52. The number of benzene rings is 2. The molecule has 2 aromatic heterocycles. The van der Waals surface area contributed by atoms with Gasteiger partial charge in [0.05, 0.1) is 5.69 Å². The number of imidazole rings is 1. The highest BCUT2D eigenvalue weighted by atomic mass is 15.1. The van der Waals surface area contributed by atoms with Crippen molar-refractivity contribution in [3.63, 3.8) is 0 Å². The molecule has 1 aliphatic rings. The van der Waals surface area contributed by atoms with Gasteiger partial charge in [0.15, 0.2) is 6.20 Å². The second-order valence-corrected chi connectivity index (χ2v) is 6.52. The van der Waals surface area contributed by atoms with Crippen molar-refractivity contribution in [3.8, 4) is 16.9 Å². The van der Waals surface area contributed by atoms with Crippen molar-refractivity contribution in [1.82, 2.24) is 9.55 Å². The van der Waals surface area contributed by atoms with Crippen LogP contribution in [0.3, 0.4) is 0 Å². The molecule has 4 aromatic rings. The van der Waals surface area contributed by atoms with Gasteiger partial charge in [0, 0.05) is 18.1 Å². The first-order valence-corrected chi connectivity index (χ1v) is 8.27. The average Bonchev–Trinajstić information content (AvgIpc) is 3.10. The summed E-state index contributed by atoms with van der Waals surface area (Å²) in [5, 5.41) is 0. The summed E-state index contributed by atoms with van der Waals surface area (Å²) in [4.78, 5) is 4.91. The number of hydrogen-bond donors (Lipinski definition) is 0. The Hall–Kier alpha value is -2.94. The summed E-state index contributed by atoms with van der Waals surface area (Å²) in [6.07, 6.45) is 3.12. The molecule has 0 amide bonds. The van der Waals surface area contributed by atoms with Crippen molar-refractivity contribution in [3.05, 3.63) is 77.7 Å². The first-order valence-electron chi connectivity index (χ1n) is 8.27. The topological polar surface area (TPSA) is 21.7 Å². The van der Waals surface area contributed by atoms with Gasteiger partial charge in [-0.3, -0.25) is 4.57 Å². The minimum atomic E-state index is 0.911. The third-order valence-electron chi connectivity index (χ3n) is 4.98. The van der Waals surface area contributed by atoms with Crippen LogP contribution in [-0.2, 0) is 13.5 Å². The molecule has 116 valence electrons. The van der Waals surface area contributed by atoms with Crippen LogP contribution in [0.15, 0.2) is 60.8 Å². The Bertz CT molecular complexity index is 1110. The highest BCUT2D eigenvalue weighted by molar-refractivity contribution is 5.82. The molecule has 0 bridgehead atoms. The molecule has 0 radical (unpaired) electrons. The maximum atomic E-state index is 4.91. The lowest BCUT2D eigenvalue weighted by Crippen LogP contribution is -2.30. The normalized spacial score (nSPS) is 12.4. The molecule has 1 aliphatic heterocycles. The van der Waals surface area contributed by atoms with E-state index >= 15 is 0 Å². The Morgan fingerprint density at radius 2 is 1.83 bits per heavy atom. The molecule has 0 atom stereocenters. The summed E-state index contributed by atoms with van der Waals surface area (Å²) >= 11 is 0. The first-order chi connectivity index (χ1) is 11.7. The molecule has 0 saturated carbocycles. The highest BCUT2D eigenvalue weighted by Crippen LogP contribution is 2.32. The molecule has 5 rings (SSSR count). The van der Waals surface area contributed by atoms with Gasteiger partial charge in [-0.2, -0.15) is 4.57 Å². The molecule has 3 heteroatoms. The monoisotopic (exact) mass is 312 g/mol. The van der Waals surface area contributed by atoms with Crippen molar-refractivity contribution in [2.45, 2.75) is 13.3 Å². The molecular formula is C21H18N3+. The Labute approximate surface area is 140 Å². The molecule has 0 saturated heterocycles. The number of aryl methyl sites for hydroxylation is 2. The van der Waals surface area contributed by atoms with Crippen LogP contribution in [0.25, 0.3) is 28.0 Å². The number of nitrogens with zero attached hydrogens (tertiary/aromatic N) is 3. The predicted octanol–water partition coefficient (Wildman–Crippen LogP) is 3.73. The molecule has 2 aromatic carbocycles. The van der Waals surface area contributed by atoms with Gasteiger partial charge in [0.1, 0.15) is 23.9 Å². The molecule has 0 unspecified atom stereocenters. The Balaban J connectivity index is 1.78. The van der Waals surface area contributed by atoms with Crippen molar-refractivity contribution in [2.75, 3.05) is 0 Å². The number of hydrogen-bond acceptors (Lipinski definition) is 1. The SMILES string of the molecule is Cc1ccccc1-c1cc2nc3n(c2c[n+]1C)-c1ccccc1C3. The van der Waals surface area contributed by atoms with Crippen LogP contribution in [0.1, 0.15) is 17.0 Å². The number of rotatable bonds is 1. The van der Waals surface area contributed by atoms with Gasteiger partial charge in [-0.25, -0.2) is 4.98 Å². The van der Waals surface area contributed by atoms with Crippen LogP contribution in [0, 0.1) is 6.92 Å². The highest BCUT2D eigenvalue weighted by Gasteiger charge is 2.25. The van der Waals surface area contributed by atoms with Crippen LogP contribution in [0.5, 0.6) is 0 Å². The molecule has 0 spiro atoms. The fourth-order valence-electron chi connectivity index (χ4n) is 3.78. The molecule has 0 fully saturated rings. The van der Waals surface area contributed by atoms with Gasteiger partial charge in [0.25, 0.3) is 0 Å². The van der Waals surface area contributed by atoms with Crippen molar-refractivity contribution < 1.29 is 4.57 Å². The summed E-state index contributed by atoms with van der Waals surface area (Å²) in [6, 6.07) is 19.3. The maximum absolute atomic E-state index is 4.91.